The lowest BCUT2D eigenvalue weighted by atomic mass is 9.99. The SMILES string of the molecule is C[C@@H]1C[C@H]2CC2/C=C\C=C\C(O)Cc2c(Cl)c(O)cc(O)c2C(=O)O1. The Bertz CT molecular complexity index is 740. The summed E-state index contributed by atoms with van der Waals surface area (Å²) in [5.74, 6) is -0.531. The van der Waals surface area contributed by atoms with E-state index in [0.717, 1.165) is 18.9 Å². The number of benzene rings is 1. The van der Waals surface area contributed by atoms with E-state index >= 15 is 0 Å². The fourth-order valence-corrected chi connectivity index (χ4v) is 3.50. The summed E-state index contributed by atoms with van der Waals surface area (Å²) in [4.78, 5) is 12.6. The van der Waals surface area contributed by atoms with Gasteiger partial charge in [-0.1, -0.05) is 35.9 Å². The second-order valence-electron chi connectivity index (χ2n) is 6.73. The molecule has 1 aliphatic carbocycles. The molecule has 2 aliphatic rings. The molecule has 1 aliphatic heterocycles. The summed E-state index contributed by atoms with van der Waals surface area (Å²) >= 11 is 6.11. The van der Waals surface area contributed by atoms with Gasteiger partial charge in [0, 0.05) is 12.5 Å². The van der Waals surface area contributed by atoms with Crippen LogP contribution in [0.3, 0.4) is 0 Å². The van der Waals surface area contributed by atoms with Gasteiger partial charge in [-0.25, -0.2) is 4.79 Å². The first-order chi connectivity index (χ1) is 11.9. The maximum absolute atomic E-state index is 12.6. The third-order valence-electron chi connectivity index (χ3n) is 4.66. The van der Waals surface area contributed by atoms with E-state index in [1.807, 2.05) is 13.0 Å². The number of carbonyl (C=O) groups is 1. The quantitative estimate of drug-likeness (QED) is 0.614. The zero-order valence-corrected chi connectivity index (χ0v) is 14.6. The van der Waals surface area contributed by atoms with Crippen LogP contribution in [-0.2, 0) is 11.2 Å². The molecule has 1 aromatic carbocycles. The van der Waals surface area contributed by atoms with Crippen molar-refractivity contribution in [2.75, 3.05) is 0 Å². The minimum atomic E-state index is -0.926. The van der Waals surface area contributed by atoms with Crippen LogP contribution in [0.15, 0.2) is 30.4 Å². The van der Waals surface area contributed by atoms with E-state index in [4.69, 9.17) is 16.3 Å². The molecule has 6 heteroatoms. The Balaban J connectivity index is 2.00. The van der Waals surface area contributed by atoms with Crippen LogP contribution >= 0.6 is 11.6 Å². The number of aromatic hydroxyl groups is 2. The van der Waals surface area contributed by atoms with Crippen LogP contribution in [0.5, 0.6) is 11.5 Å². The fourth-order valence-electron chi connectivity index (χ4n) is 3.27. The second kappa shape index (κ2) is 7.10. The smallest absolute Gasteiger partial charge is 0.342 e. The molecule has 0 bridgehead atoms. The Hall–Kier alpha value is -1.98. The van der Waals surface area contributed by atoms with Gasteiger partial charge in [-0.3, -0.25) is 0 Å². The van der Waals surface area contributed by atoms with Crippen molar-refractivity contribution in [3.63, 3.8) is 0 Å². The number of allylic oxidation sites excluding steroid dienone is 3. The van der Waals surface area contributed by atoms with Gasteiger partial charge in [0.15, 0.2) is 0 Å². The summed E-state index contributed by atoms with van der Waals surface area (Å²) < 4.78 is 5.47. The van der Waals surface area contributed by atoms with Crippen LogP contribution < -0.4 is 0 Å². The van der Waals surface area contributed by atoms with Gasteiger partial charge >= 0.3 is 5.97 Å². The van der Waals surface area contributed by atoms with Crippen molar-refractivity contribution < 1.29 is 24.9 Å². The Morgan fingerprint density at radius 1 is 1.16 bits per heavy atom. The summed E-state index contributed by atoms with van der Waals surface area (Å²) in [5, 5.41) is 30.1. The number of aliphatic hydroxyl groups is 1. The molecule has 0 radical (unpaired) electrons. The molecule has 25 heavy (non-hydrogen) atoms. The molecule has 0 saturated heterocycles. The normalized spacial score (nSPS) is 31.9. The number of hydrogen-bond acceptors (Lipinski definition) is 5. The first-order valence-corrected chi connectivity index (χ1v) is 8.72. The van der Waals surface area contributed by atoms with Crippen molar-refractivity contribution >= 4 is 17.6 Å². The molecule has 1 aromatic rings. The lowest BCUT2D eigenvalue weighted by molar-refractivity contribution is 0.0306. The van der Waals surface area contributed by atoms with Crippen LogP contribution in [0.4, 0.5) is 0 Å². The highest BCUT2D eigenvalue weighted by atomic mass is 35.5. The van der Waals surface area contributed by atoms with E-state index in [1.165, 1.54) is 0 Å². The van der Waals surface area contributed by atoms with E-state index in [0.29, 0.717) is 11.8 Å². The Labute approximate surface area is 151 Å². The summed E-state index contributed by atoms with van der Waals surface area (Å²) in [5.41, 5.74) is 0.0564. The minimum absolute atomic E-state index is 0.0317. The number of phenols is 2. The predicted molar refractivity (Wildman–Crippen MR) is 93.9 cm³/mol. The molecule has 0 amide bonds. The molecule has 134 valence electrons. The number of aliphatic hydroxyl groups excluding tert-OH is 1. The van der Waals surface area contributed by atoms with E-state index in [-0.39, 0.29) is 34.4 Å². The van der Waals surface area contributed by atoms with Crippen LogP contribution in [0.2, 0.25) is 5.02 Å². The molecule has 1 saturated carbocycles. The summed E-state index contributed by atoms with van der Waals surface area (Å²) in [6.07, 6.45) is 7.86. The number of cyclic esters (lactones) is 1. The monoisotopic (exact) mass is 364 g/mol. The average Bonchev–Trinajstić information content (AvgIpc) is 3.25. The highest BCUT2D eigenvalue weighted by Gasteiger charge is 2.36. The fraction of sp³-hybridized carbons (Fsp3) is 0.421. The highest BCUT2D eigenvalue weighted by molar-refractivity contribution is 6.33. The summed E-state index contributed by atoms with van der Waals surface area (Å²) in [6, 6.07) is 1.01. The zero-order chi connectivity index (χ0) is 18.1. The molecule has 1 heterocycles. The molecule has 5 nitrogen and oxygen atoms in total. The third-order valence-corrected chi connectivity index (χ3v) is 5.08. The average molecular weight is 365 g/mol. The first-order valence-electron chi connectivity index (χ1n) is 8.34. The van der Waals surface area contributed by atoms with Crippen molar-refractivity contribution in [3.05, 3.63) is 46.5 Å². The summed E-state index contributed by atoms with van der Waals surface area (Å²) in [7, 11) is 0. The maximum Gasteiger partial charge on any atom is 0.342 e. The number of ether oxygens (including phenoxy) is 1. The molecule has 1 fully saturated rings. The first kappa shape index (κ1) is 17.8. The minimum Gasteiger partial charge on any atom is -0.507 e. The van der Waals surface area contributed by atoms with Gasteiger partial charge < -0.3 is 20.1 Å². The Kier molecular flexibility index (Phi) is 5.06. The number of fused-ring (bicyclic) bond motifs is 2. The van der Waals surface area contributed by atoms with E-state index in [2.05, 4.69) is 6.08 Å². The predicted octanol–water partition coefficient (Wildman–Crippen LogP) is 3.35. The molecule has 0 spiro atoms. The van der Waals surface area contributed by atoms with Gasteiger partial charge in [0.25, 0.3) is 0 Å². The van der Waals surface area contributed by atoms with Crippen LogP contribution in [0.25, 0.3) is 0 Å². The summed E-state index contributed by atoms with van der Waals surface area (Å²) in [6.45, 7) is 1.82. The maximum atomic E-state index is 12.6. The molecule has 2 unspecified atom stereocenters. The molecule has 4 atom stereocenters. The number of phenolic OH excluding ortho intramolecular Hbond substituents is 2. The lowest BCUT2D eigenvalue weighted by Crippen LogP contribution is -2.19. The lowest BCUT2D eigenvalue weighted by Gasteiger charge is -2.18. The van der Waals surface area contributed by atoms with Gasteiger partial charge in [0.05, 0.1) is 17.2 Å². The number of halogens is 1. The van der Waals surface area contributed by atoms with Crippen molar-refractivity contribution in [1.29, 1.82) is 0 Å². The molecular formula is C19H21ClO5. The van der Waals surface area contributed by atoms with Crippen LogP contribution in [0.1, 0.15) is 35.7 Å². The van der Waals surface area contributed by atoms with Crippen molar-refractivity contribution in [1.82, 2.24) is 0 Å². The van der Waals surface area contributed by atoms with Gasteiger partial charge in [-0.15, -0.1) is 0 Å². The number of carbonyl (C=O) groups excluding carboxylic acids is 1. The topological polar surface area (TPSA) is 87.0 Å². The molecule has 3 N–H and O–H groups in total. The number of hydrogen-bond donors (Lipinski definition) is 3. The van der Waals surface area contributed by atoms with Crippen molar-refractivity contribution in [2.45, 2.75) is 38.4 Å². The van der Waals surface area contributed by atoms with Gasteiger partial charge in [-0.05, 0) is 37.2 Å². The van der Waals surface area contributed by atoms with E-state index < -0.39 is 17.8 Å². The molecule has 0 aromatic heterocycles. The van der Waals surface area contributed by atoms with Crippen LogP contribution in [-0.4, -0.2) is 33.5 Å². The van der Waals surface area contributed by atoms with E-state index in [1.54, 1.807) is 12.2 Å². The Morgan fingerprint density at radius 2 is 1.88 bits per heavy atom. The van der Waals surface area contributed by atoms with Crippen LogP contribution in [0, 0.1) is 11.8 Å². The van der Waals surface area contributed by atoms with Gasteiger partial charge in [0.1, 0.15) is 17.1 Å². The second-order valence-corrected chi connectivity index (χ2v) is 7.11. The number of rotatable bonds is 0. The van der Waals surface area contributed by atoms with E-state index in [9.17, 15) is 20.1 Å². The van der Waals surface area contributed by atoms with Crippen molar-refractivity contribution in [2.24, 2.45) is 11.8 Å². The van der Waals surface area contributed by atoms with Gasteiger partial charge in [0.2, 0.25) is 0 Å². The van der Waals surface area contributed by atoms with Crippen molar-refractivity contribution in [3.8, 4) is 11.5 Å². The number of esters is 1. The largest absolute Gasteiger partial charge is 0.507 e. The molecule has 3 rings (SSSR count). The third kappa shape index (κ3) is 3.99. The zero-order valence-electron chi connectivity index (χ0n) is 13.9. The standard InChI is InChI=1S/C19H21ClO5/c1-10-6-12-7-11(12)4-2-3-5-13(21)8-14-17(19(24)25-10)15(22)9-16(23)18(14)20/h2-5,9-13,21-23H,6-8H2,1H3/b4-2-,5-3+/t10-,11?,12+,13?/m1/s1. The Morgan fingerprint density at radius 3 is 2.64 bits per heavy atom. The van der Waals surface area contributed by atoms with Gasteiger partial charge in [-0.2, -0.15) is 0 Å². The highest BCUT2D eigenvalue weighted by Crippen LogP contribution is 2.44. The molecular weight excluding hydrogens is 344 g/mol.